The summed E-state index contributed by atoms with van der Waals surface area (Å²) in [4.78, 5) is 46.3. The Morgan fingerprint density at radius 3 is 2.20 bits per heavy atom. The Morgan fingerprint density at radius 1 is 0.877 bits per heavy atom. The summed E-state index contributed by atoms with van der Waals surface area (Å²) in [6, 6.07) is 43.2. The fourth-order valence-electron chi connectivity index (χ4n) is 8.81. The Hall–Kier alpha value is -6.64. The Balaban J connectivity index is 1.05. The van der Waals surface area contributed by atoms with E-state index in [1.165, 1.54) is 7.11 Å². The molecule has 1 unspecified atom stereocenters. The Morgan fingerprint density at radius 2 is 1.55 bits per heavy atom. The van der Waals surface area contributed by atoms with Crippen LogP contribution in [0.3, 0.4) is 0 Å². The molecule has 4 atom stereocenters. The molecule has 0 aliphatic carbocycles. The van der Waals surface area contributed by atoms with Crippen molar-refractivity contribution in [2.45, 2.75) is 70.0 Å². The van der Waals surface area contributed by atoms with Crippen LogP contribution in [0.15, 0.2) is 133 Å². The van der Waals surface area contributed by atoms with E-state index in [0.717, 1.165) is 45.4 Å². The number of rotatable bonds is 13. The first-order valence-electron chi connectivity index (χ1n) is 21.4. The summed E-state index contributed by atoms with van der Waals surface area (Å²) in [6.07, 6.45) is 0.343. The van der Waals surface area contributed by atoms with Gasteiger partial charge in [-0.3, -0.25) is 14.5 Å². The first kappa shape index (κ1) is 44.9. The third-order valence-electron chi connectivity index (χ3n) is 12.3. The van der Waals surface area contributed by atoms with Crippen LogP contribution in [0.5, 0.6) is 11.5 Å². The number of fused-ring (bicyclic) bond motifs is 2. The van der Waals surface area contributed by atoms with Crippen LogP contribution in [-0.4, -0.2) is 48.4 Å². The molecule has 0 saturated heterocycles. The Labute approximate surface area is 389 Å². The molecule has 0 spiro atoms. The lowest BCUT2D eigenvalue weighted by Gasteiger charge is -2.43. The Bertz CT molecular complexity index is 2760. The average molecular weight is 908 g/mol. The molecule has 10 nitrogen and oxygen atoms in total. The lowest BCUT2D eigenvalue weighted by Crippen LogP contribution is -2.60. The normalized spacial score (nSPS) is 17.1. The smallest absolute Gasteiger partial charge is 0.331 e. The largest absolute Gasteiger partial charge is 0.489 e. The maximum absolute atomic E-state index is 14.9. The summed E-state index contributed by atoms with van der Waals surface area (Å²) in [5, 5.41) is 13.3. The lowest BCUT2D eigenvalue weighted by molar-refractivity contribution is -0.151. The number of carbonyl (C=O) groups excluding carboxylic acids is 3. The first-order chi connectivity index (χ1) is 31.4. The van der Waals surface area contributed by atoms with Gasteiger partial charge in [-0.25, -0.2) is 4.79 Å². The highest BCUT2D eigenvalue weighted by Gasteiger charge is 2.43. The van der Waals surface area contributed by atoms with Crippen LogP contribution < -0.4 is 19.7 Å². The number of carbonyl (C=O) groups is 3. The topological polar surface area (TPSA) is 121 Å². The van der Waals surface area contributed by atoms with Crippen LogP contribution in [0.1, 0.15) is 71.4 Å². The molecule has 8 rings (SSSR count). The van der Waals surface area contributed by atoms with Crippen LogP contribution in [0.25, 0.3) is 11.1 Å². The number of hydrogen-bond donors (Lipinski definition) is 1. The molecule has 0 fully saturated rings. The molecule has 6 aromatic rings. The van der Waals surface area contributed by atoms with Crippen molar-refractivity contribution in [1.82, 2.24) is 10.2 Å². The highest BCUT2D eigenvalue weighted by Crippen LogP contribution is 2.44. The van der Waals surface area contributed by atoms with Gasteiger partial charge in [-0.15, -0.1) is 0 Å². The number of halogens is 2. The predicted molar refractivity (Wildman–Crippen MR) is 252 cm³/mol. The number of ether oxygens (including phenoxy) is 3. The third kappa shape index (κ3) is 9.59. The van der Waals surface area contributed by atoms with Gasteiger partial charge >= 0.3 is 5.97 Å². The maximum atomic E-state index is 14.9. The number of benzene rings is 6. The lowest BCUT2D eigenvalue weighted by atomic mass is 9.87. The van der Waals surface area contributed by atoms with Crippen molar-refractivity contribution in [3.63, 3.8) is 0 Å². The van der Waals surface area contributed by atoms with Gasteiger partial charge in [0.05, 0.1) is 40.5 Å². The molecule has 2 aliphatic heterocycles. The molecule has 0 saturated carbocycles. The summed E-state index contributed by atoms with van der Waals surface area (Å²) in [5.41, 5.74) is 7.04. The predicted octanol–water partition coefficient (Wildman–Crippen LogP) is 10.4. The number of nitrogens with zero attached hydrogens (tertiary/aromatic N) is 3. The van der Waals surface area contributed by atoms with E-state index in [1.807, 2.05) is 97.1 Å². The first-order valence-corrected chi connectivity index (χ1v) is 22.2. The van der Waals surface area contributed by atoms with Gasteiger partial charge in [0.1, 0.15) is 23.6 Å². The molecule has 2 aliphatic rings. The van der Waals surface area contributed by atoms with Gasteiger partial charge in [-0.05, 0) is 107 Å². The molecule has 1 N–H and O–H groups in total. The maximum Gasteiger partial charge on any atom is 0.331 e. The molecule has 65 heavy (non-hydrogen) atoms. The van der Waals surface area contributed by atoms with Crippen molar-refractivity contribution in [2.24, 2.45) is 0 Å². The highest BCUT2D eigenvalue weighted by molar-refractivity contribution is 6.42. The summed E-state index contributed by atoms with van der Waals surface area (Å²) in [6.45, 7) is 4.51. The average Bonchev–Trinajstić information content (AvgIpc) is 3.33. The van der Waals surface area contributed by atoms with Gasteiger partial charge in [-0.2, -0.15) is 5.26 Å². The molecule has 0 radical (unpaired) electrons. The molecule has 2 heterocycles. The molecular formula is C53H48Cl2N4O6. The van der Waals surface area contributed by atoms with Crippen LogP contribution in [0, 0.1) is 11.3 Å². The van der Waals surface area contributed by atoms with Crippen molar-refractivity contribution >= 4 is 46.7 Å². The second kappa shape index (κ2) is 19.2. The van der Waals surface area contributed by atoms with Gasteiger partial charge in [0.2, 0.25) is 12.0 Å². The van der Waals surface area contributed by atoms with E-state index in [1.54, 1.807) is 43.1 Å². The van der Waals surface area contributed by atoms with E-state index in [9.17, 15) is 19.6 Å². The van der Waals surface area contributed by atoms with Crippen molar-refractivity contribution in [3.05, 3.63) is 182 Å². The van der Waals surface area contributed by atoms with E-state index < -0.39 is 23.7 Å². The number of hydrogen-bond acceptors (Lipinski definition) is 8. The number of likely N-dealkylation sites (N-methyl/N-ethyl adjacent to an activating group) is 1. The van der Waals surface area contributed by atoms with Crippen LogP contribution >= 0.6 is 23.2 Å². The number of amides is 2. The van der Waals surface area contributed by atoms with Crippen molar-refractivity contribution in [1.29, 1.82) is 5.26 Å². The third-order valence-corrected chi connectivity index (χ3v) is 13.1. The number of methoxy groups -OCH3 is 1. The number of anilines is 1. The molecule has 0 aromatic heterocycles. The Kier molecular flexibility index (Phi) is 13.3. The zero-order valence-corrected chi connectivity index (χ0v) is 38.0. The number of nitrogens with one attached hydrogen (secondary N) is 1. The second-order valence-electron chi connectivity index (χ2n) is 16.7. The van der Waals surface area contributed by atoms with Gasteiger partial charge in [-0.1, -0.05) is 115 Å². The second-order valence-corrected chi connectivity index (χ2v) is 17.5. The summed E-state index contributed by atoms with van der Waals surface area (Å²) < 4.78 is 17.8. The van der Waals surface area contributed by atoms with Crippen molar-refractivity contribution in [3.8, 4) is 28.7 Å². The zero-order valence-electron chi connectivity index (χ0n) is 36.5. The molecule has 12 heteroatoms. The van der Waals surface area contributed by atoms with E-state index >= 15 is 0 Å². The fourth-order valence-corrected chi connectivity index (χ4v) is 9.13. The molecule has 0 bridgehead atoms. The zero-order chi connectivity index (χ0) is 45.8. The number of nitriles is 1. The molecule has 330 valence electrons. The summed E-state index contributed by atoms with van der Waals surface area (Å²) in [7, 11) is 3.06. The standard InChI is InChI=1S/C53H48Cl2N4O6/c1-5-45(38-9-7-6-8-10-38)59-31-41-28-48-46(58(3)51(61)49(65-48)39-20-22-42(23-21-39)64-32-35-15-24-43(54)44(55)25-35)26-40(41)27-47(59)50(60)57-53(2,52(62)63-4)29-33-11-16-36(17-12-33)37-18-13-34(30-56)14-19-37/h6-26,28,45,47,49H,5,27,29,31-32H2,1-4H3,(H,57,60)/t45?,47-,49-,53-/m0/s1. The van der Waals surface area contributed by atoms with E-state index in [-0.39, 0.29) is 24.3 Å². The van der Waals surface area contributed by atoms with Crippen molar-refractivity contribution < 1.29 is 28.6 Å². The minimum absolute atomic E-state index is 0.134. The molecule has 6 aromatic carbocycles. The summed E-state index contributed by atoms with van der Waals surface area (Å²) >= 11 is 12.2. The quantitative estimate of drug-likeness (QED) is 0.114. The highest BCUT2D eigenvalue weighted by atomic mass is 35.5. The minimum atomic E-state index is -1.40. The van der Waals surface area contributed by atoms with Gasteiger partial charge in [0.15, 0.2) is 0 Å². The molecular weight excluding hydrogens is 860 g/mol. The van der Waals surface area contributed by atoms with Crippen LogP contribution in [0.4, 0.5) is 5.69 Å². The van der Waals surface area contributed by atoms with E-state index in [0.29, 0.717) is 57.9 Å². The monoisotopic (exact) mass is 906 g/mol. The number of esters is 1. The molecule has 2 amide bonds. The minimum Gasteiger partial charge on any atom is -0.489 e. The SMILES string of the molecule is CCC(c1ccccc1)N1Cc2cc3c(cc2C[C@H]1C(=O)N[C@@](C)(Cc1ccc(-c2ccc(C#N)cc2)cc1)C(=O)OC)N(C)C(=O)[C@H](c1ccc(OCc2ccc(Cl)c(Cl)c2)cc1)O3. The fraction of sp³-hybridized carbons (Fsp3) is 0.245. The van der Waals surface area contributed by atoms with Crippen LogP contribution in [-0.2, 0) is 45.1 Å². The van der Waals surface area contributed by atoms with Gasteiger partial charge in [0, 0.05) is 31.6 Å². The van der Waals surface area contributed by atoms with Gasteiger partial charge < -0.3 is 24.4 Å². The van der Waals surface area contributed by atoms with Crippen LogP contribution in [0.2, 0.25) is 10.0 Å². The summed E-state index contributed by atoms with van der Waals surface area (Å²) in [5.74, 6) is 0.0776. The van der Waals surface area contributed by atoms with E-state index in [4.69, 9.17) is 37.4 Å². The van der Waals surface area contributed by atoms with Crippen molar-refractivity contribution in [2.75, 3.05) is 19.1 Å². The van der Waals surface area contributed by atoms with E-state index in [2.05, 4.69) is 35.3 Å². The van der Waals surface area contributed by atoms with Gasteiger partial charge in [0.25, 0.3) is 5.91 Å².